The summed E-state index contributed by atoms with van der Waals surface area (Å²) >= 11 is 0. The molecular formula is C21H23N7O. The Morgan fingerprint density at radius 1 is 1.00 bits per heavy atom. The molecule has 0 unspecified atom stereocenters. The highest BCUT2D eigenvalue weighted by Gasteiger charge is 2.46. The minimum absolute atomic E-state index is 0.101. The van der Waals surface area contributed by atoms with Crippen molar-refractivity contribution < 1.29 is 4.74 Å². The van der Waals surface area contributed by atoms with Gasteiger partial charge >= 0.3 is 0 Å². The number of hydrogen-bond donors (Lipinski definition) is 2. The van der Waals surface area contributed by atoms with Crippen LogP contribution in [0.3, 0.4) is 0 Å². The number of hydrogen-bond acceptors (Lipinski definition) is 8. The Balaban J connectivity index is 1.24. The molecule has 1 atom stereocenters. The van der Waals surface area contributed by atoms with Crippen LogP contribution in [0.4, 0.5) is 11.8 Å². The van der Waals surface area contributed by atoms with Crippen molar-refractivity contribution in [1.29, 1.82) is 0 Å². The Hall–Kier alpha value is -3.26. The van der Waals surface area contributed by atoms with E-state index < -0.39 is 0 Å². The molecule has 8 heteroatoms. The summed E-state index contributed by atoms with van der Waals surface area (Å²) in [5.74, 6) is 1.91. The number of piperidine rings is 1. The number of anilines is 2. The Kier molecular flexibility index (Phi) is 4.28. The van der Waals surface area contributed by atoms with Crippen LogP contribution in [0.25, 0.3) is 0 Å². The van der Waals surface area contributed by atoms with Gasteiger partial charge in [-0.15, -0.1) is 10.2 Å². The lowest BCUT2D eigenvalue weighted by molar-refractivity contribution is 0.186. The number of aromatic nitrogens is 4. The van der Waals surface area contributed by atoms with Crippen molar-refractivity contribution in [1.82, 2.24) is 20.2 Å². The van der Waals surface area contributed by atoms with Crippen molar-refractivity contribution in [2.45, 2.75) is 25.3 Å². The minimum atomic E-state index is 0.101. The van der Waals surface area contributed by atoms with E-state index in [1.54, 1.807) is 18.3 Å². The summed E-state index contributed by atoms with van der Waals surface area (Å²) in [5, 5.41) is 8.40. The van der Waals surface area contributed by atoms with E-state index in [0.29, 0.717) is 23.4 Å². The van der Waals surface area contributed by atoms with Crippen molar-refractivity contribution >= 4 is 11.8 Å². The first-order valence-electron chi connectivity index (χ1n) is 9.80. The van der Waals surface area contributed by atoms with E-state index in [1.807, 2.05) is 0 Å². The molecule has 1 fully saturated rings. The topological polar surface area (TPSA) is 116 Å². The molecule has 1 aliphatic carbocycles. The first-order valence-corrected chi connectivity index (χ1v) is 9.80. The van der Waals surface area contributed by atoms with Gasteiger partial charge < -0.3 is 21.1 Å². The van der Waals surface area contributed by atoms with Crippen LogP contribution in [0.2, 0.25) is 0 Å². The number of nitrogens with zero attached hydrogens (tertiary/aromatic N) is 5. The molecule has 1 aromatic carbocycles. The van der Waals surface area contributed by atoms with Crippen molar-refractivity contribution in [2.75, 3.05) is 23.7 Å². The molecule has 148 valence electrons. The maximum atomic E-state index is 6.65. The van der Waals surface area contributed by atoms with Crippen LogP contribution in [0.15, 0.2) is 48.8 Å². The zero-order valence-corrected chi connectivity index (χ0v) is 16.0. The third-order valence-electron chi connectivity index (χ3n) is 6.14. The van der Waals surface area contributed by atoms with Crippen LogP contribution < -0.4 is 21.1 Å². The largest absolute Gasteiger partial charge is 0.435 e. The fourth-order valence-electron chi connectivity index (χ4n) is 4.48. The Morgan fingerprint density at radius 3 is 2.52 bits per heavy atom. The van der Waals surface area contributed by atoms with Gasteiger partial charge in [0, 0.05) is 19.1 Å². The van der Waals surface area contributed by atoms with E-state index in [9.17, 15) is 0 Å². The van der Waals surface area contributed by atoms with Gasteiger partial charge in [-0.1, -0.05) is 24.3 Å². The van der Waals surface area contributed by atoms with Gasteiger partial charge in [0.1, 0.15) is 11.6 Å². The van der Waals surface area contributed by atoms with E-state index >= 15 is 0 Å². The van der Waals surface area contributed by atoms with Gasteiger partial charge in [-0.05, 0) is 47.9 Å². The lowest BCUT2D eigenvalue weighted by Gasteiger charge is -2.42. The van der Waals surface area contributed by atoms with E-state index in [4.69, 9.17) is 16.2 Å². The Labute approximate surface area is 168 Å². The minimum Gasteiger partial charge on any atom is -0.435 e. The van der Waals surface area contributed by atoms with E-state index in [2.05, 4.69) is 49.3 Å². The van der Waals surface area contributed by atoms with Gasteiger partial charge in [0.05, 0.1) is 12.4 Å². The van der Waals surface area contributed by atoms with Crippen LogP contribution >= 0.6 is 0 Å². The van der Waals surface area contributed by atoms with Gasteiger partial charge in [-0.25, -0.2) is 9.97 Å². The smallest absolute Gasteiger partial charge is 0.257 e. The van der Waals surface area contributed by atoms with Crippen molar-refractivity contribution in [3.05, 3.63) is 59.9 Å². The normalized spacial score (nSPS) is 19.9. The molecule has 1 saturated heterocycles. The highest BCUT2D eigenvalue weighted by molar-refractivity contribution is 5.40. The fourth-order valence-corrected chi connectivity index (χ4v) is 4.48. The van der Waals surface area contributed by atoms with E-state index in [0.717, 1.165) is 32.4 Å². The quantitative estimate of drug-likeness (QED) is 0.702. The number of fused-ring (bicyclic) bond motifs is 1. The molecule has 2 aliphatic rings. The molecule has 0 radical (unpaired) electrons. The number of nitrogen functional groups attached to an aromatic ring is 1. The number of nitrogens with two attached hydrogens (primary N) is 2. The molecule has 0 saturated carbocycles. The molecule has 4 N–H and O–H groups in total. The number of benzene rings is 1. The van der Waals surface area contributed by atoms with Crippen LogP contribution in [0.1, 0.15) is 30.0 Å². The molecule has 0 amide bonds. The second kappa shape index (κ2) is 6.97. The van der Waals surface area contributed by atoms with Crippen LogP contribution in [0.5, 0.6) is 11.6 Å². The molecule has 2 aromatic heterocycles. The summed E-state index contributed by atoms with van der Waals surface area (Å²) in [7, 11) is 0. The standard InChI is InChI=1S/C21H23N7O/c22-17-6-5-15(12-24-17)29-18-13-25-20(27-26-18)28-9-7-21(8-10-28)11-14-3-1-2-4-16(14)19(21)23/h1-6,12-13,19H,7-11,23H2,(H2,22,24)/t19-/m1/s1. The summed E-state index contributed by atoms with van der Waals surface area (Å²) < 4.78 is 5.61. The summed E-state index contributed by atoms with van der Waals surface area (Å²) in [6.45, 7) is 1.73. The molecule has 8 nitrogen and oxygen atoms in total. The van der Waals surface area contributed by atoms with E-state index in [1.165, 1.54) is 17.3 Å². The van der Waals surface area contributed by atoms with Crippen LogP contribution in [-0.2, 0) is 6.42 Å². The van der Waals surface area contributed by atoms with Crippen LogP contribution in [-0.4, -0.2) is 33.3 Å². The maximum absolute atomic E-state index is 6.65. The Bertz CT molecular complexity index is 998. The predicted molar refractivity (Wildman–Crippen MR) is 110 cm³/mol. The molecular weight excluding hydrogens is 366 g/mol. The Morgan fingerprint density at radius 2 is 1.83 bits per heavy atom. The summed E-state index contributed by atoms with van der Waals surface area (Å²) in [5.41, 5.74) is 15.1. The summed E-state index contributed by atoms with van der Waals surface area (Å²) in [6, 6.07) is 12.1. The van der Waals surface area contributed by atoms with E-state index in [-0.39, 0.29) is 11.5 Å². The number of pyridine rings is 1. The third-order valence-corrected chi connectivity index (χ3v) is 6.14. The average Bonchev–Trinajstić information content (AvgIpc) is 3.03. The van der Waals surface area contributed by atoms with Gasteiger partial charge in [0.2, 0.25) is 5.95 Å². The van der Waals surface area contributed by atoms with Gasteiger partial charge in [-0.3, -0.25) is 0 Å². The second-order valence-electron chi connectivity index (χ2n) is 7.82. The molecule has 0 bridgehead atoms. The fraction of sp³-hybridized carbons (Fsp3) is 0.333. The van der Waals surface area contributed by atoms with Crippen molar-refractivity contribution in [3.8, 4) is 11.6 Å². The molecule has 29 heavy (non-hydrogen) atoms. The molecule has 3 heterocycles. The lowest BCUT2D eigenvalue weighted by Crippen LogP contribution is -2.45. The van der Waals surface area contributed by atoms with Crippen molar-refractivity contribution in [2.24, 2.45) is 11.1 Å². The second-order valence-corrected chi connectivity index (χ2v) is 7.82. The third kappa shape index (κ3) is 3.25. The molecule has 5 rings (SSSR count). The molecule has 1 aliphatic heterocycles. The van der Waals surface area contributed by atoms with Gasteiger partial charge in [0.15, 0.2) is 0 Å². The van der Waals surface area contributed by atoms with Gasteiger partial charge in [0.25, 0.3) is 5.88 Å². The lowest BCUT2D eigenvalue weighted by atomic mass is 9.73. The zero-order valence-electron chi connectivity index (χ0n) is 16.0. The SMILES string of the molecule is Nc1ccc(Oc2cnc(N3CCC4(CC3)Cc3ccccc3[C@H]4N)nn2)cn1. The van der Waals surface area contributed by atoms with Gasteiger partial charge in [-0.2, -0.15) is 0 Å². The van der Waals surface area contributed by atoms with Crippen molar-refractivity contribution in [3.63, 3.8) is 0 Å². The first kappa shape index (κ1) is 17.8. The predicted octanol–water partition coefficient (Wildman–Crippen LogP) is 2.48. The maximum Gasteiger partial charge on any atom is 0.257 e. The highest BCUT2D eigenvalue weighted by Crippen LogP contribution is 2.50. The van der Waals surface area contributed by atoms with Crippen LogP contribution in [0, 0.1) is 5.41 Å². The average molecular weight is 389 g/mol. The highest BCUT2D eigenvalue weighted by atomic mass is 16.5. The number of rotatable bonds is 3. The molecule has 3 aromatic rings. The summed E-state index contributed by atoms with van der Waals surface area (Å²) in [4.78, 5) is 10.6. The molecule has 1 spiro atoms. The zero-order chi connectivity index (χ0) is 19.8. The first-order chi connectivity index (χ1) is 14.1. The summed E-state index contributed by atoms with van der Waals surface area (Å²) in [6.07, 6.45) is 6.21. The monoisotopic (exact) mass is 389 g/mol. The number of ether oxygens (including phenoxy) is 1.